The molecule has 1 saturated heterocycles. The van der Waals surface area contributed by atoms with E-state index in [0.717, 1.165) is 25.1 Å². The van der Waals surface area contributed by atoms with Crippen LogP contribution in [0, 0.1) is 0 Å². The first kappa shape index (κ1) is 14.8. The maximum Gasteiger partial charge on any atom is 0.256 e. The van der Waals surface area contributed by atoms with Gasteiger partial charge in [-0.3, -0.25) is 4.79 Å². The molecule has 1 aromatic heterocycles. The van der Waals surface area contributed by atoms with Crippen LogP contribution in [-0.4, -0.2) is 46.4 Å². The number of likely N-dealkylation sites (tertiary alicyclic amines) is 1. The van der Waals surface area contributed by atoms with Gasteiger partial charge in [-0.1, -0.05) is 12.1 Å². The first-order valence-electron chi connectivity index (χ1n) is 7.79. The number of hydrogen-bond donors (Lipinski definition) is 0. The Hall–Kier alpha value is -2.14. The Morgan fingerprint density at radius 3 is 3.00 bits per heavy atom. The first-order chi connectivity index (χ1) is 10.8. The van der Waals surface area contributed by atoms with Gasteiger partial charge in [-0.15, -0.1) is 0 Å². The molecule has 2 aromatic rings. The van der Waals surface area contributed by atoms with Crippen LogP contribution in [0.2, 0.25) is 0 Å². The van der Waals surface area contributed by atoms with Crippen LogP contribution in [-0.2, 0) is 4.74 Å². The highest BCUT2D eigenvalue weighted by molar-refractivity contribution is 5.97. The van der Waals surface area contributed by atoms with Crippen molar-refractivity contribution in [1.82, 2.24) is 14.7 Å². The SMILES string of the molecule is CCOC1CCCN(C(=O)c2ccccc2-n2cccn2)C1. The van der Waals surface area contributed by atoms with Gasteiger partial charge in [0.2, 0.25) is 0 Å². The fourth-order valence-corrected chi connectivity index (χ4v) is 2.93. The van der Waals surface area contributed by atoms with Gasteiger partial charge in [-0.05, 0) is 38.0 Å². The van der Waals surface area contributed by atoms with E-state index in [1.165, 1.54) is 0 Å². The lowest BCUT2D eigenvalue weighted by atomic mass is 10.1. The van der Waals surface area contributed by atoms with Crippen molar-refractivity contribution >= 4 is 5.91 Å². The Kier molecular flexibility index (Phi) is 4.53. The van der Waals surface area contributed by atoms with Crippen molar-refractivity contribution in [3.8, 4) is 5.69 Å². The lowest BCUT2D eigenvalue weighted by Crippen LogP contribution is -2.43. The highest BCUT2D eigenvalue weighted by Gasteiger charge is 2.26. The van der Waals surface area contributed by atoms with Crippen molar-refractivity contribution in [3.05, 3.63) is 48.3 Å². The molecule has 0 bridgehead atoms. The van der Waals surface area contributed by atoms with E-state index in [1.807, 2.05) is 48.4 Å². The Balaban J connectivity index is 1.83. The molecule has 0 aliphatic carbocycles. The van der Waals surface area contributed by atoms with Crippen molar-refractivity contribution in [3.63, 3.8) is 0 Å². The summed E-state index contributed by atoms with van der Waals surface area (Å²) in [6.45, 7) is 4.14. The average molecular weight is 299 g/mol. The number of para-hydroxylation sites is 1. The minimum atomic E-state index is 0.0514. The van der Waals surface area contributed by atoms with Gasteiger partial charge in [0.05, 0.1) is 17.4 Å². The molecule has 5 heteroatoms. The first-order valence-corrected chi connectivity index (χ1v) is 7.79. The zero-order valence-electron chi connectivity index (χ0n) is 12.8. The second-order valence-electron chi connectivity index (χ2n) is 5.44. The minimum absolute atomic E-state index is 0.0514. The summed E-state index contributed by atoms with van der Waals surface area (Å²) in [6.07, 6.45) is 5.73. The van der Waals surface area contributed by atoms with E-state index in [9.17, 15) is 4.79 Å². The van der Waals surface area contributed by atoms with Gasteiger partial charge in [-0.2, -0.15) is 5.10 Å². The van der Waals surface area contributed by atoms with Gasteiger partial charge in [0, 0.05) is 32.1 Å². The van der Waals surface area contributed by atoms with Crippen LogP contribution in [0.5, 0.6) is 0 Å². The zero-order chi connectivity index (χ0) is 15.4. The van der Waals surface area contributed by atoms with Gasteiger partial charge in [0.15, 0.2) is 0 Å². The lowest BCUT2D eigenvalue weighted by Gasteiger charge is -2.32. The molecule has 0 radical (unpaired) electrons. The predicted molar refractivity (Wildman–Crippen MR) is 84.1 cm³/mol. The van der Waals surface area contributed by atoms with Gasteiger partial charge < -0.3 is 9.64 Å². The van der Waals surface area contributed by atoms with Crippen LogP contribution in [0.1, 0.15) is 30.1 Å². The molecule has 116 valence electrons. The molecule has 1 aliphatic heterocycles. The molecule has 1 unspecified atom stereocenters. The van der Waals surface area contributed by atoms with Crippen LogP contribution in [0.4, 0.5) is 0 Å². The molecule has 22 heavy (non-hydrogen) atoms. The number of nitrogens with zero attached hydrogens (tertiary/aromatic N) is 3. The summed E-state index contributed by atoms with van der Waals surface area (Å²) in [5, 5.41) is 4.24. The molecular formula is C17H21N3O2. The van der Waals surface area contributed by atoms with Crippen LogP contribution in [0.15, 0.2) is 42.7 Å². The fourth-order valence-electron chi connectivity index (χ4n) is 2.93. The predicted octanol–water partition coefficient (Wildman–Crippen LogP) is 2.51. The van der Waals surface area contributed by atoms with E-state index in [4.69, 9.17) is 4.74 Å². The molecule has 1 atom stereocenters. The summed E-state index contributed by atoms with van der Waals surface area (Å²) in [7, 11) is 0. The van der Waals surface area contributed by atoms with Crippen LogP contribution >= 0.6 is 0 Å². The smallest absolute Gasteiger partial charge is 0.256 e. The normalized spacial score (nSPS) is 18.4. The number of hydrogen-bond acceptors (Lipinski definition) is 3. The summed E-state index contributed by atoms with van der Waals surface area (Å²) < 4.78 is 7.42. The molecule has 0 N–H and O–H groups in total. The summed E-state index contributed by atoms with van der Waals surface area (Å²) in [5.41, 5.74) is 1.50. The van der Waals surface area contributed by atoms with Crippen molar-refractivity contribution < 1.29 is 9.53 Å². The quantitative estimate of drug-likeness (QED) is 0.871. The Labute approximate surface area is 130 Å². The molecule has 0 spiro atoms. The molecular weight excluding hydrogens is 278 g/mol. The Morgan fingerprint density at radius 2 is 2.23 bits per heavy atom. The molecule has 5 nitrogen and oxygen atoms in total. The second kappa shape index (κ2) is 6.75. The van der Waals surface area contributed by atoms with E-state index in [-0.39, 0.29) is 12.0 Å². The van der Waals surface area contributed by atoms with Crippen LogP contribution in [0.25, 0.3) is 5.69 Å². The monoisotopic (exact) mass is 299 g/mol. The van der Waals surface area contributed by atoms with Gasteiger partial charge in [-0.25, -0.2) is 4.68 Å². The summed E-state index contributed by atoms with van der Waals surface area (Å²) in [6, 6.07) is 9.46. The van der Waals surface area contributed by atoms with E-state index >= 15 is 0 Å². The van der Waals surface area contributed by atoms with Gasteiger partial charge in [0.1, 0.15) is 0 Å². The van der Waals surface area contributed by atoms with Crippen molar-refractivity contribution in [2.24, 2.45) is 0 Å². The number of ether oxygens (including phenoxy) is 1. The molecule has 1 aliphatic rings. The number of rotatable bonds is 4. The number of amides is 1. The topological polar surface area (TPSA) is 47.4 Å². The zero-order valence-corrected chi connectivity index (χ0v) is 12.8. The van der Waals surface area contributed by atoms with Crippen molar-refractivity contribution in [2.75, 3.05) is 19.7 Å². The molecule has 3 rings (SSSR count). The third-order valence-electron chi connectivity index (χ3n) is 3.95. The summed E-state index contributed by atoms with van der Waals surface area (Å²) in [4.78, 5) is 14.8. The molecule has 1 amide bonds. The number of carbonyl (C=O) groups is 1. The number of benzene rings is 1. The number of aromatic nitrogens is 2. The largest absolute Gasteiger partial charge is 0.377 e. The van der Waals surface area contributed by atoms with Gasteiger partial charge >= 0.3 is 0 Å². The Morgan fingerprint density at radius 1 is 1.36 bits per heavy atom. The molecule has 1 aromatic carbocycles. The number of carbonyl (C=O) groups excluding carboxylic acids is 1. The number of piperidine rings is 1. The third-order valence-corrected chi connectivity index (χ3v) is 3.95. The summed E-state index contributed by atoms with van der Waals surface area (Å²) >= 11 is 0. The van der Waals surface area contributed by atoms with E-state index in [2.05, 4.69) is 5.10 Å². The maximum atomic E-state index is 12.9. The highest BCUT2D eigenvalue weighted by Crippen LogP contribution is 2.20. The molecule has 0 saturated carbocycles. The molecule has 2 heterocycles. The van der Waals surface area contributed by atoms with Crippen LogP contribution < -0.4 is 0 Å². The van der Waals surface area contributed by atoms with Crippen molar-refractivity contribution in [1.29, 1.82) is 0 Å². The standard InChI is InChI=1S/C17H21N3O2/c1-2-22-14-7-5-11-19(13-14)17(21)15-8-3-4-9-16(15)20-12-6-10-18-20/h3-4,6,8-10,12,14H,2,5,7,11,13H2,1H3. The average Bonchev–Trinajstić information content (AvgIpc) is 3.09. The summed E-state index contributed by atoms with van der Waals surface area (Å²) in [5.74, 6) is 0.0514. The second-order valence-corrected chi connectivity index (χ2v) is 5.44. The lowest BCUT2D eigenvalue weighted by molar-refractivity contribution is 0.00724. The van der Waals surface area contributed by atoms with E-state index in [0.29, 0.717) is 18.7 Å². The van der Waals surface area contributed by atoms with E-state index < -0.39 is 0 Å². The van der Waals surface area contributed by atoms with Crippen molar-refractivity contribution in [2.45, 2.75) is 25.9 Å². The van der Waals surface area contributed by atoms with E-state index in [1.54, 1.807) is 10.9 Å². The van der Waals surface area contributed by atoms with Crippen LogP contribution in [0.3, 0.4) is 0 Å². The third kappa shape index (κ3) is 3.04. The Bertz CT molecular complexity index is 623. The van der Waals surface area contributed by atoms with Gasteiger partial charge in [0.25, 0.3) is 5.91 Å². The molecule has 1 fully saturated rings. The minimum Gasteiger partial charge on any atom is -0.377 e. The highest BCUT2D eigenvalue weighted by atomic mass is 16.5. The fraction of sp³-hybridized carbons (Fsp3) is 0.412. The maximum absolute atomic E-state index is 12.9.